The van der Waals surface area contributed by atoms with Crippen molar-refractivity contribution in [3.63, 3.8) is 0 Å². The average Bonchev–Trinajstić information content (AvgIpc) is 2.87. The molecule has 6 heteroatoms. The van der Waals surface area contributed by atoms with Gasteiger partial charge in [0.05, 0.1) is 12.2 Å². The van der Waals surface area contributed by atoms with Crippen LogP contribution in [0.3, 0.4) is 0 Å². The predicted octanol–water partition coefficient (Wildman–Crippen LogP) is 1.90. The molecule has 108 valence electrons. The van der Waals surface area contributed by atoms with Gasteiger partial charge < -0.3 is 10.4 Å². The monoisotopic (exact) mass is 294 g/mol. The van der Waals surface area contributed by atoms with Crippen molar-refractivity contribution in [3.05, 3.63) is 24.3 Å². The lowest BCUT2D eigenvalue weighted by Crippen LogP contribution is -2.40. The first-order chi connectivity index (χ1) is 9.61. The molecule has 1 amide bonds. The van der Waals surface area contributed by atoms with E-state index in [0.29, 0.717) is 13.0 Å². The van der Waals surface area contributed by atoms with Crippen LogP contribution in [0, 0.1) is 0 Å². The minimum atomic E-state index is -0.847. The van der Waals surface area contributed by atoms with Gasteiger partial charge in [-0.1, -0.05) is 12.1 Å². The zero-order valence-corrected chi connectivity index (χ0v) is 12.2. The molecule has 0 aromatic heterocycles. The fourth-order valence-electron chi connectivity index (χ4n) is 2.42. The number of rotatable bonds is 5. The molecule has 5 nitrogen and oxygen atoms in total. The number of benzene rings is 1. The molecule has 0 spiro atoms. The van der Waals surface area contributed by atoms with Crippen LogP contribution in [0.15, 0.2) is 29.2 Å². The van der Waals surface area contributed by atoms with E-state index in [1.54, 1.807) is 16.7 Å². The highest BCUT2D eigenvalue weighted by Gasteiger charge is 2.31. The van der Waals surface area contributed by atoms with E-state index in [-0.39, 0.29) is 12.5 Å². The number of nitrogens with zero attached hydrogens (tertiary/aromatic N) is 1. The summed E-state index contributed by atoms with van der Waals surface area (Å²) in [5, 5.41) is 11.9. The second-order valence-electron chi connectivity index (χ2n) is 4.72. The fraction of sp³-hybridized carbons (Fsp3) is 0.429. The number of carboxylic acids is 1. The Kier molecular flexibility index (Phi) is 5.03. The molecule has 1 atom stereocenters. The zero-order chi connectivity index (χ0) is 14.5. The average molecular weight is 294 g/mol. The molecule has 2 N–H and O–H groups in total. The van der Waals surface area contributed by atoms with Crippen molar-refractivity contribution in [1.82, 2.24) is 4.90 Å². The first-order valence-corrected chi connectivity index (χ1v) is 7.74. The van der Waals surface area contributed by atoms with Gasteiger partial charge in [0.1, 0.15) is 6.04 Å². The molecule has 1 aliphatic heterocycles. The number of nitrogens with one attached hydrogen (secondary N) is 1. The number of carbonyl (C=O) groups excluding carboxylic acids is 1. The number of aliphatic carboxylic acids is 1. The highest BCUT2D eigenvalue weighted by molar-refractivity contribution is 7.98. The maximum atomic E-state index is 12.0. The molecule has 0 radical (unpaired) electrons. The lowest BCUT2D eigenvalue weighted by Gasteiger charge is -2.20. The molecule has 1 fully saturated rings. The minimum Gasteiger partial charge on any atom is -0.480 e. The molecule has 1 unspecified atom stereocenters. The molecule has 1 saturated heterocycles. The normalized spacial score (nSPS) is 18.9. The molecule has 1 aromatic rings. The van der Waals surface area contributed by atoms with Gasteiger partial charge in [-0.25, -0.2) is 0 Å². The van der Waals surface area contributed by atoms with E-state index in [9.17, 15) is 9.59 Å². The maximum absolute atomic E-state index is 12.0. The summed E-state index contributed by atoms with van der Waals surface area (Å²) < 4.78 is 0. The second-order valence-corrected chi connectivity index (χ2v) is 5.56. The number of para-hydroxylation sites is 1. The smallest absolute Gasteiger partial charge is 0.320 e. The first kappa shape index (κ1) is 14.9. The Labute approximate surface area is 122 Å². The van der Waals surface area contributed by atoms with Gasteiger partial charge in [-0.3, -0.25) is 14.5 Å². The summed E-state index contributed by atoms with van der Waals surface area (Å²) >= 11 is 1.56. The summed E-state index contributed by atoms with van der Waals surface area (Å²) in [6.45, 7) is 0.786. The topological polar surface area (TPSA) is 69.6 Å². The fourth-order valence-corrected chi connectivity index (χ4v) is 2.97. The Hall–Kier alpha value is -1.53. The Balaban J connectivity index is 1.97. The second kappa shape index (κ2) is 6.76. The zero-order valence-electron chi connectivity index (χ0n) is 11.3. The van der Waals surface area contributed by atoms with Crippen molar-refractivity contribution < 1.29 is 14.7 Å². The van der Waals surface area contributed by atoms with Gasteiger partial charge in [0.2, 0.25) is 5.91 Å². The summed E-state index contributed by atoms with van der Waals surface area (Å²) in [5.41, 5.74) is 0.774. The van der Waals surface area contributed by atoms with Crippen molar-refractivity contribution in [2.45, 2.75) is 23.8 Å². The van der Waals surface area contributed by atoms with Gasteiger partial charge in [0.15, 0.2) is 0 Å². The molecule has 1 aromatic carbocycles. The summed E-state index contributed by atoms with van der Waals surface area (Å²) in [4.78, 5) is 25.8. The number of amides is 1. The van der Waals surface area contributed by atoms with Crippen LogP contribution in [0.2, 0.25) is 0 Å². The molecule has 0 bridgehead atoms. The Morgan fingerprint density at radius 2 is 2.20 bits per heavy atom. The standard InChI is InChI=1S/C14H18N2O3S/c1-20-12-7-3-2-5-10(12)15-13(17)9-16-8-4-6-11(16)14(18)19/h2-3,5,7,11H,4,6,8-9H2,1H3,(H,15,17)(H,18,19). The van der Waals surface area contributed by atoms with E-state index in [1.165, 1.54) is 0 Å². The van der Waals surface area contributed by atoms with E-state index < -0.39 is 12.0 Å². The summed E-state index contributed by atoms with van der Waals surface area (Å²) in [5.74, 6) is -1.01. The third kappa shape index (κ3) is 3.52. The van der Waals surface area contributed by atoms with Gasteiger partial charge in [0, 0.05) is 4.90 Å². The van der Waals surface area contributed by atoms with E-state index in [4.69, 9.17) is 5.11 Å². The molecule has 0 saturated carbocycles. The van der Waals surface area contributed by atoms with Crippen molar-refractivity contribution in [2.24, 2.45) is 0 Å². The number of thioether (sulfide) groups is 1. The van der Waals surface area contributed by atoms with Gasteiger partial charge >= 0.3 is 5.97 Å². The number of carbonyl (C=O) groups is 2. The lowest BCUT2D eigenvalue weighted by molar-refractivity contribution is -0.142. The van der Waals surface area contributed by atoms with Gasteiger partial charge in [-0.2, -0.15) is 0 Å². The molecule has 0 aliphatic carbocycles. The summed E-state index contributed by atoms with van der Waals surface area (Å²) in [6.07, 6.45) is 3.39. The van der Waals surface area contributed by atoms with Crippen LogP contribution in [0.25, 0.3) is 0 Å². The van der Waals surface area contributed by atoms with Crippen LogP contribution in [-0.2, 0) is 9.59 Å². The SMILES string of the molecule is CSc1ccccc1NC(=O)CN1CCCC1C(=O)O. The molecule has 1 aliphatic rings. The first-order valence-electron chi connectivity index (χ1n) is 6.51. The van der Waals surface area contributed by atoms with Crippen molar-refractivity contribution in [2.75, 3.05) is 24.7 Å². The van der Waals surface area contributed by atoms with Crippen LogP contribution >= 0.6 is 11.8 Å². The molecular formula is C14H18N2O3S. The number of hydrogen-bond donors (Lipinski definition) is 2. The Morgan fingerprint density at radius 3 is 2.90 bits per heavy atom. The van der Waals surface area contributed by atoms with E-state index in [0.717, 1.165) is 17.0 Å². The van der Waals surface area contributed by atoms with E-state index in [2.05, 4.69) is 5.32 Å². The molecule has 20 heavy (non-hydrogen) atoms. The van der Waals surface area contributed by atoms with Crippen molar-refractivity contribution in [3.8, 4) is 0 Å². The number of carboxylic acid groups (broad SMARTS) is 1. The molecular weight excluding hydrogens is 276 g/mol. The van der Waals surface area contributed by atoms with Crippen LogP contribution in [-0.4, -0.2) is 47.3 Å². The summed E-state index contributed by atoms with van der Waals surface area (Å²) in [6, 6.07) is 7.04. The van der Waals surface area contributed by atoms with Gasteiger partial charge in [-0.15, -0.1) is 11.8 Å². The van der Waals surface area contributed by atoms with Crippen molar-refractivity contribution in [1.29, 1.82) is 0 Å². The van der Waals surface area contributed by atoms with Crippen molar-refractivity contribution >= 4 is 29.3 Å². The Morgan fingerprint density at radius 1 is 1.45 bits per heavy atom. The quantitative estimate of drug-likeness (QED) is 0.812. The van der Waals surface area contributed by atoms with E-state index in [1.807, 2.05) is 30.5 Å². The van der Waals surface area contributed by atoms with Gasteiger partial charge in [-0.05, 0) is 37.8 Å². The van der Waals surface area contributed by atoms with Crippen LogP contribution in [0.1, 0.15) is 12.8 Å². The number of likely N-dealkylation sites (tertiary alicyclic amines) is 1. The third-order valence-corrected chi connectivity index (χ3v) is 4.17. The van der Waals surface area contributed by atoms with Crippen LogP contribution in [0.4, 0.5) is 5.69 Å². The minimum absolute atomic E-state index is 0.125. The van der Waals surface area contributed by atoms with Gasteiger partial charge in [0.25, 0.3) is 0 Å². The predicted molar refractivity (Wildman–Crippen MR) is 79.1 cm³/mol. The molecule has 2 rings (SSSR count). The van der Waals surface area contributed by atoms with E-state index >= 15 is 0 Å². The maximum Gasteiger partial charge on any atom is 0.320 e. The number of hydrogen-bond acceptors (Lipinski definition) is 4. The summed E-state index contributed by atoms with van der Waals surface area (Å²) in [7, 11) is 0. The van der Waals surface area contributed by atoms with Crippen LogP contribution < -0.4 is 5.32 Å². The largest absolute Gasteiger partial charge is 0.480 e. The molecule has 1 heterocycles. The third-order valence-electron chi connectivity index (χ3n) is 3.38. The van der Waals surface area contributed by atoms with Crippen LogP contribution in [0.5, 0.6) is 0 Å². The highest BCUT2D eigenvalue weighted by atomic mass is 32.2. The highest BCUT2D eigenvalue weighted by Crippen LogP contribution is 2.24. The Bertz CT molecular complexity index is 507. The lowest BCUT2D eigenvalue weighted by atomic mass is 10.2. The number of anilines is 1.